The SMILES string of the molecule is Cc1c(Br)cccc1C(=O)NCC(O)C(N)=O. The lowest BCUT2D eigenvalue weighted by Gasteiger charge is -2.10. The van der Waals surface area contributed by atoms with Crippen LogP contribution in [0.3, 0.4) is 0 Å². The number of nitrogens with one attached hydrogen (secondary N) is 1. The van der Waals surface area contributed by atoms with Gasteiger partial charge in [-0.1, -0.05) is 22.0 Å². The third-order valence-electron chi connectivity index (χ3n) is 2.30. The molecule has 1 aromatic carbocycles. The molecule has 17 heavy (non-hydrogen) atoms. The molecule has 0 aliphatic rings. The van der Waals surface area contributed by atoms with Gasteiger partial charge in [0.05, 0.1) is 6.54 Å². The van der Waals surface area contributed by atoms with Gasteiger partial charge < -0.3 is 16.2 Å². The normalized spacial score (nSPS) is 11.9. The van der Waals surface area contributed by atoms with Crippen molar-refractivity contribution in [1.29, 1.82) is 0 Å². The Morgan fingerprint density at radius 2 is 2.18 bits per heavy atom. The van der Waals surface area contributed by atoms with Crippen molar-refractivity contribution in [3.63, 3.8) is 0 Å². The highest BCUT2D eigenvalue weighted by atomic mass is 79.9. The minimum atomic E-state index is -1.37. The molecule has 0 saturated carbocycles. The predicted octanol–water partition coefficient (Wildman–Crippen LogP) is 0.334. The number of amides is 2. The number of primary amides is 1. The Kier molecular flexibility index (Phi) is 4.65. The quantitative estimate of drug-likeness (QED) is 0.748. The molecule has 1 atom stereocenters. The smallest absolute Gasteiger partial charge is 0.251 e. The summed E-state index contributed by atoms with van der Waals surface area (Å²) in [5.41, 5.74) is 6.14. The summed E-state index contributed by atoms with van der Waals surface area (Å²) in [5, 5.41) is 11.6. The van der Waals surface area contributed by atoms with Gasteiger partial charge in [-0.15, -0.1) is 0 Å². The van der Waals surface area contributed by atoms with Gasteiger partial charge in [-0.05, 0) is 24.6 Å². The summed E-state index contributed by atoms with van der Waals surface area (Å²) in [6.07, 6.45) is -1.37. The van der Waals surface area contributed by atoms with Gasteiger partial charge in [-0.2, -0.15) is 0 Å². The van der Waals surface area contributed by atoms with E-state index >= 15 is 0 Å². The molecule has 0 aliphatic carbocycles. The first-order chi connectivity index (χ1) is 7.93. The molecular weight excluding hydrogens is 288 g/mol. The number of benzene rings is 1. The van der Waals surface area contributed by atoms with Gasteiger partial charge in [-0.3, -0.25) is 9.59 Å². The van der Waals surface area contributed by atoms with Gasteiger partial charge in [0.1, 0.15) is 6.10 Å². The van der Waals surface area contributed by atoms with E-state index in [0.29, 0.717) is 5.56 Å². The summed E-state index contributed by atoms with van der Waals surface area (Å²) in [5.74, 6) is -1.22. The number of rotatable bonds is 4. The standard InChI is InChI=1S/C11H13BrN2O3/c1-6-7(3-2-4-8(6)12)11(17)14-5-9(15)10(13)16/h2-4,9,15H,5H2,1H3,(H2,13,16)(H,14,17). The maximum atomic E-state index is 11.7. The van der Waals surface area contributed by atoms with Crippen LogP contribution in [0, 0.1) is 6.92 Å². The average Bonchev–Trinajstić information content (AvgIpc) is 2.29. The Hall–Kier alpha value is -1.40. The zero-order valence-electron chi connectivity index (χ0n) is 9.24. The van der Waals surface area contributed by atoms with E-state index in [1.807, 2.05) is 6.07 Å². The fourth-order valence-electron chi connectivity index (χ4n) is 1.24. The van der Waals surface area contributed by atoms with Crippen molar-refractivity contribution < 1.29 is 14.7 Å². The van der Waals surface area contributed by atoms with Crippen LogP contribution in [0.1, 0.15) is 15.9 Å². The van der Waals surface area contributed by atoms with Crippen LogP contribution in [0.25, 0.3) is 0 Å². The summed E-state index contributed by atoms with van der Waals surface area (Å²) in [6, 6.07) is 5.22. The molecule has 0 fully saturated rings. The lowest BCUT2D eigenvalue weighted by atomic mass is 10.1. The van der Waals surface area contributed by atoms with Gasteiger partial charge in [-0.25, -0.2) is 0 Å². The largest absolute Gasteiger partial charge is 0.381 e. The number of hydrogen-bond acceptors (Lipinski definition) is 3. The zero-order valence-corrected chi connectivity index (χ0v) is 10.8. The molecule has 1 unspecified atom stereocenters. The average molecular weight is 301 g/mol. The molecule has 1 aromatic rings. The highest BCUT2D eigenvalue weighted by Gasteiger charge is 2.14. The third kappa shape index (κ3) is 3.54. The zero-order chi connectivity index (χ0) is 13.0. The summed E-state index contributed by atoms with van der Waals surface area (Å²) < 4.78 is 0.820. The lowest BCUT2D eigenvalue weighted by Crippen LogP contribution is -2.40. The van der Waals surface area contributed by atoms with Crippen molar-refractivity contribution in [2.24, 2.45) is 5.73 Å². The number of halogens is 1. The van der Waals surface area contributed by atoms with Crippen LogP contribution in [-0.4, -0.2) is 29.6 Å². The molecule has 0 aromatic heterocycles. The van der Waals surface area contributed by atoms with E-state index in [2.05, 4.69) is 21.2 Å². The number of aliphatic hydroxyl groups is 1. The highest BCUT2D eigenvalue weighted by molar-refractivity contribution is 9.10. The Morgan fingerprint density at radius 3 is 2.76 bits per heavy atom. The topological polar surface area (TPSA) is 92.4 Å². The molecule has 0 aliphatic heterocycles. The van der Waals surface area contributed by atoms with Crippen molar-refractivity contribution in [2.45, 2.75) is 13.0 Å². The molecule has 0 spiro atoms. The highest BCUT2D eigenvalue weighted by Crippen LogP contribution is 2.19. The van der Waals surface area contributed by atoms with Crippen LogP contribution in [0.15, 0.2) is 22.7 Å². The summed E-state index contributed by atoms with van der Waals surface area (Å²) in [6.45, 7) is 1.60. The van der Waals surface area contributed by atoms with Gasteiger partial charge in [0.25, 0.3) is 5.91 Å². The summed E-state index contributed by atoms with van der Waals surface area (Å²) in [7, 11) is 0. The minimum absolute atomic E-state index is 0.194. The van der Waals surface area contributed by atoms with Crippen LogP contribution in [0.4, 0.5) is 0 Å². The van der Waals surface area contributed by atoms with Gasteiger partial charge in [0.2, 0.25) is 5.91 Å². The van der Waals surface area contributed by atoms with Crippen molar-refractivity contribution in [2.75, 3.05) is 6.54 Å². The van der Waals surface area contributed by atoms with Crippen LogP contribution >= 0.6 is 15.9 Å². The maximum Gasteiger partial charge on any atom is 0.251 e. The van der Waals surface area contributed by atoms with Crippen molar-refractivity contribution in [3.05, 3.63) is 33.8 Å². The fraction of sp³-hybridized carbons (Fsp3) is 0.273. The van der Waals surface area contributed by atoms with Crippen LogP contribution < -0.4 is 11.1 Å². The molecule has 6 heteroatoms. The van der Waals surface area contributed by atoms with E-state index in [1.54, 1.807) is 19.1 Å². The second-order valence-electron chi connectivity index (χ2n) is 3.54. The predicted molar refractivity (Wildman–Crippen MR) is 66.4 cm³/mol. The number of aliphatic hydroxyl groups excluding tert-OH is 1. The summed E-state index contributed by atoms with van der Waals surface area (Å²) >= 11 is 3.31. The van der Waals surface area contributed by atoms with Gasteiger partial charge in [0, 0.05) is 10.0 Å². The number of nitrogens with two attached hydrogens (primary N) is 1. The number of carbonyl (C=O) groups excluding carboxylic acids is 2. The molecular formula is C11H13BrN2O3. The van der Waals surface area contributed by atoms with E-state index < -0.39 is 12.0 Å². The fourth-order valence-corrected chi connectivity index (χ4v) is 1.60. The first-order valence-corrected chi connectivity index (χ1v) is 5.73. The maximum absolute atomic E-state index is 11.7. The first-order valence-electron chi connectivity index (χ1n) is 4.94. The second-order valence-corrected chi connectivity index (χ2v) is 4.39. The molecule has 4 N–H and O–H groups in total. The number of hydrogen-bond donors (Lipinski definition) is 3. The Bertz CT molecular complexity index is 448. The van der Waals surface area contributed by atoms with Gasteiger partial charge >= 0.3 is 0 Å². The molecule has 92 valence electrons. The summed E-state index contributed by atoms with van der Waals surface area (Å²) in [4.78, 5) is 22.3. The van der Waals surface area contributed by atoms with E-state index in [4.69, 9.17) is 10.8 Å². The van der Waals surface area contributed by atoms with E-state index in [1.165, 1.54) is 0 Å². The Labute approximate surface area is 107 Å². The lowest BCUT2D eigenvalue weighted by molar-refractivity contribution is -0.125. The molecule has 2 amide bonds. The second kappa shape index (κ2) is 5.79. The van der Waals surface area contributed by atoms with E-state index in [9.17, 15) is 9.59 Å². The van der Waals surface area contributed by atoms with Crippen molar-refractivity contribution >= 4 is 27.7 Å². The van der Waals surface area contributed by atoms with Crippen LogP contribution in [-0.2, 0) is 4.79 Å². The number of carbonyl (C=O) groups is 2. The molecule has 0 radical (unpaired) electrons. The molecule has 0 saturated heterocycles. The van der Waals surface area contributed by atoms with E-state index in [0.717, 1.165) is 10.0 Å². The minimum Gasteiger partial charge on any atom is -0.381 e. The van der Waals surface area contributed by atoms with E-state index in [-0.39, 0.29) is 12.5 Å². The molecule has 1 rings (SSSR count). The van der Waals surface area contributed by atoms with Gasteiger partial charge in [0.15, 0.2) is 0 Å². The molecule has 5 nitrogen and oxygen atoms in total. The molecule has 0 bridgehead atoms. The van der Waals surface area contributed by atoms with Crippen LogP contribution in [0.5, 0.6) is 0 Å². The molecule has 0 heterocycles. The van der Waals surface area contributed by atoms with Crippen molar-refractivity contribution in [1.82, 2.24) is 5.32 Å². The third-order valence-corrected chi connectivity index (χ3v) is 3.16. The Morgan fingerprint density at radius 1 is 1.53 bits per heavy atom. The monoisotopic (exact) mass is 300 g/mol. The van der Waals surface area contributed by atoms with Crippen molar-refractivity contribution in [3.8, 4) is 0 Å². The first kappa shape index (κ1) is 13.7. The Balaban J connectivity index is 2.71. The van der Waals surface area contributed by atoms with Crippen LogP contribution in [0.2, 0.25) is 0 Å².